The normalized spacial score (nSPS) is 16.4. The molecule has 1 saturated heterocycles. The van der Waals surface area contributed by atoms with E-state index in [1.54, 1.807) is 36.4 Å². The molecule has 1 aliphatic heterocycles. The van der Waals surface area contributed by atoms with Gasteiger partial charge in [0.05, 0.1) is 13.7 Å². The van der Waals surface area contributed by atoms with E-state index in [9.17, 15) is 19.5 Å². The van der Waals surface area contributed by atoms with Crippen molar-refractivity contribution in [1.82, 2.24) is 4.90 Å². The van der Waals surface area contributed by atoms with Crippen molar-refractivity contribution in [2.45, 2.75) is 6.54 Å². The van der Waals surface area contributed by atoms with Crippen molar-refractivity contribution in [3.05, 3.63) is 71.3 Å². The summed E-state index contributed by atoms with van der Waals surface area (Å²) in [6, 6.07) is 15.1. The van der Waals surface area contributed by atoms with Gasteiger partial charge < -0.3 is 9.84 Å². The molecule has 0 aliphatic carbocycles. The summed E-state index contributed by atoms with van der Waals surface area (Å²) in [7, 11) is 1.46. The third-order valence-electron chi connectivity index (χ3n) is 3.89. The molecule has 0 atom stereocenters. The van der Waals surface area contributed by atoms with E-state index in [0.717, 1.165) is 4.90 Å². The summed E-state index contributed by atoms with van der Waals surface area (Å²) in [6.07, 6.45) is 0. The maximum absolute atomic E-state index is 12.5. The fraction of sp³-hybridized carbons (Fsp3) is 0.105. The first-order chi connectivity index (χ1) is 12.0. The van der Waals surface area contributed by atoms with Crippen molar-refractivity contribution in [1.29, 1.82) is 0 Å². The molecule has 2 aromatic rings. The van der Waals surface area contributed by atoms with Gasteiger partial charge >= 0.3 is 5.91 Å². The molecule has 6 heteroatoms. The molecule has 0 unspecified atom stereocenters. The summed E-state index contributed by atoms with van der Waals surface area (Å²) in [4.78, 5) is 37.8. The van der Waals surface area contributed by atoms with E-state index >= 15 is 0 Å². The minimum atomic E-state index is -1.01. The van der Waals surface area contributed by atoms with Crippen molar-refractivity contribution in [3.63, 3.8) is 0 Å². The van der Waals surface area contributed by atoms with Gasteiger partial charge in [0.2, 0.25) is 0 Å². The predicted octanol–water partition coefficient (Wildman–Crippen LogP) is 2.10. The highest BCUT2D eigenvalue weighted by atomic mass is 16.5. The quantitative estimate of drug-likeness (QED) is 0.304. The van der Waals surface area contributed by atoms with Crippen molar-refractivity contribution in [2.24, 2.45) is 0 Å². The van der Waals surface area contributed by atoms with Crippen molar-refractivity contribution < 1.29 is 24.2 Å². The lowest BCUT2D eigenvalue weighted by molar-refractivity contribution is -0.143. The smallest absolute Gasteiger partial charge is 0.302 e. The number of hydrogen-bond donors (Lipinski definition) is 1. The number of carbonyl (C=O) groups is 3. The summed E-state index contributed by atoms with van der Waals surface area (Å²) in [6.45, 7) is -0.0286. The third kappa shape index (κ3) is 3.01. The Bertz CT molecular complexity index is 886. The van der Waals surface area contributed by atoms with Gasteiger partial charge in [-0.15, -0.1) is 0 Å². The van der Waals surface area contributed by atoms with Crippen LogP contribution in [0, 0.1) is 0 Å². The molecular weight excluding hydrogens is 322 g/mol. The van der Waals surface area contributed by atoms with E-state index in [1.165, 1.54) is 19.2 Å². The van der Waals surface area contributed by atoms with E-state index in [0.29, 0.717) is 11.3 Å². The highest BCUT2D eigenvalue weighted by molar-refractivity contribution is 6.58. The maximum atomic E-state index is 12.5. The number of amides is 2. The second-order valence-corrected chi connectivity index (χ2v) is 5.47. The number of benzene rings is 2. The molecule has 1 heterocycles. The van der Waals surface area contributed by atoms with Crippen LogP contribution in [-0.2, 0) is 20.9 Å². The van der Waals surface area contributed by atoms with Gasteiger partial charge in [0.25, 0.3) is 11.7 Å². The van der Waals surface area contributed by atoms with Crippen molar-refractivity contribution in [3.8, 4) is 5.75 Å². The Labute approximate surface area is 143 Å². The van der Waals surface area contributed by atoms with Crippen LogP contribution in [0.5, 0.6) is 5.75 Å². The van der Waals surface area contributed by atoms with Crippen LogP contribution < -0.4 is 4.74 Å². The van der Waals surface area contributed by atoms with Gasteiger partial charge in [-0.2, -0.15) is 0 Å². The predicted molar refractivity (Wildman–Crippen MR) is 89.5 cm³/mol. The first-order valence-electron chi connectivity index (χ1n) is 7.55. The minimum absolute atomic E-state index is 0.0286. The number of Topliss-reactive ketones (excluding diaryl/α,β-unsaturated/α-hetero) is 1. The number of ketones is 1. The highest BCUT2D eigenvalue weighted by Gasteiger charge is 2.44. The van der Waals surface area contributed by atoms with Gasteiger partial charge in [-0.25, -0.2) is 0 Å². The van der Waals surface area contributed by atoms with E-state index in [-0.39, 0.29) is 12.1 Å². The van der Waals surface area contributed by atoms with Gasteiger partial charge in [0, 0.05) is 5.56 Å². The summed E-state index contributed by atoms with van der Waals surface area (Å²) in [5.74, 6) is -2.84. The van der Waals surface area contributed by atoms with Crippen LogP contribution in [0.15, 0.2) is 60.2 Å². The number of likely N-dealkylation sites (tertiary alicyclic amines) is 1. The molecule has 0 bridgehead atoms. The molecule has 1 fully saturated rings. The molecule has 0 aromatic heterocycles. The average Bonchev–Trinajstić information content (AvgIpc) is 2.85. The van der Waals surface area contributed by atoms with Gasteiger partial charge in [-0.1, -0.05) is 42.5 Å². The summed E-state index contributed by atoms with van der Waals surface area (Å²) >= 11 is 0. The summed E-state index contributed by atoms with van der Waals surface area (Å²) in [5, 5.41) is 10.4. The number of ether oxygens (including phenoxy) is 1. The molecule has 126 valence electrons. The third-order valence-corrected chi connectivity index (χ3v) is 3.89. The first kappa shape index (κ1) is 16.4. The fourth-order valence-electron chi connectivity index (χ4n) is 2.59. The lowest BCUT2D eigenvalue weighted by atomic mass is 10.1. The zero-order valence-electron chi connectivity index (χ0n) is 13.4. The Morgan fingerprint density at radius 2 is 1.72 bits per heavy atom. The Balaban J connectivity index is 1.98. The van der Waals surface area contributed by atoms with Crippen LogP contribution in [0.3, 0.4) is 0 Å². The first-order valence-corrected chi connectivity index (χ1v) is 7.55. The molecule has 0 spiro atoms. The van der Waals surface area contributed by atoms with E-state index in [1.807, 2.05) is 6.07 Å². The van der Waals surface area contributed by atoms with E-state index in [4.69, 9.17) is 4.74 Å². The van der Waals surface area contributed by atoms with Crippen LogP contribution in [0.2, 0.25) is 0 Å². The molecule has 3 rings (SSSR count). The molecule has 6 nitrogen and oxygen atoms in total. The Morgan fingerprint density at radius 1 is 1.00 bits per heavy atom. The summed E-state index contributed by atoms with van der Waals surface area (Å²) in [5.41, 5.74) is 0.415. The molecule has 1 N–H and O–H groups in total. The number of imide groups is 1. The standard InChI is InChI=1S/C19H15NO5/c1-25-14-9-5-8-13(10-14)16(21)15-17(22)19(24)20(18(15)23)11-12-6-3-2-4-7-12/h2-10,21H,11H2,1H3/b16-15-. The second kappa shape index (κ2) is 6.60. The Kier molecular flexibility index (Phi) is 4.35. The molecule has 0 radical (unpaired) electrons. The SMILES string of the molecule is COc1cccc(/C(O)=C2\C(=O)C(=O)N(Cc3ccccc3)C2=O)c1. The van der Waals surface area contributed by atoms with Crippen LogP contribution in [0.1, 0.15) is 11.1 Å². The number of aliphatic hydroxyl groups excluding tert-OH is 1. The molecule has 2 amide bonds. The topological polar surface area (TPSA) is 83.9 Å². The number of carbonyl (C=O) groups excluding carboxylic acids is 3. The molecule has 1 aliphatic rings. The van der Waals surface area contributed by atoms with E-state index < -0.39 is 28.9 Å². The lowest BCUT2D eigenvalue weighted by Crippen LogP contribution is -2.30. The van der Waals surface area contributed by atoms with Crippen molar-refractivity contribution >= 4 is 23.4 Å². The number of hydrogen-bond acceptors (Lipinski definition) is 5. The maximum Gasteiger partial charge on any atom is 0.302 e. The average molecular weight is 337 g/mol. The number of rotatable bonds is 4. The van der Waals surface area contributed by atoms with Crippen LogP contribution in [-0.4, -0.2) is 34.7 Å². The molecule has 0 saturated carbocycles. The van der Waals surface area contributed by atoms with Crippen LogP contribution >= 0.6 is 0 Å². The molecular formula is C19H15NO5. The van der Waals surface area contributed by atoms with Crippen LogP contribution in [0.4, 0.5) is 0 Å². The second-order valence-electron chi connectivity index (χ2n) is 5.47. The largest absolute Gasteiger partial charge is 0.506 e. The number of aliphatic hydroxyl groups is 1. The van der Waals surface area contributed by atoms with Crippen LogP contribution in [0.25, 0.3) is 5.76 Å². The van der Waals surface area contributed by atoms with E-state index in [2.05, 4.69) is 0 Å². The van der Waals surface area contributed by atoms with Crippen molar-refractivity contribution in [2.75, 3.05) is 7.11 Å². The number of nitrogens with zero attached hydrogens (tertiary/aromatic N) is 1. The van der Waals surface area contributed by atoms with Gasteiger partial charge in [-0.05, 0) is 17.7 Å². The zero-order chi connectivity index (χ0) is 18.0. The number of methoxy groups -OCH3 is 1. The summed E-state index contributed by atoms with van der Waals surface area (Å²) < 4.78 is 5.06. The minimum Gasteiger partial charge on any atom is -0.506 e. The Morgan fingerprint density at radius 3 is 2.40 bits per heavy atom. The zero-order valence-corrected chi connectivity index (χ0v) is 13.4. The van der Waals surface area contributed by atoms with Gasteiger partial charge in [0.15, 0.2) is 0 Å². The fourth-order valence-corrected chi connectivity index (χ4v) is 2.59. The molecule has 25 heavy (non-hydrogen) atoms. The highest BCUT2D eigenvalue weighted by Crippen LogP contribution is 2.27. The van der Waals surface area contributed by atoms with Gasteiger partial charge in [-0.3, -0.25) is 19.3 Å². The Hall–Kier alpha value is -3.41. The monoisotopic (exact) mass is 337 g/mol. The van der Waals surface area contributed by atoms with Gasteiger partial charge in [0.1, 0.15) is 17.1 Å². The lowest BCUT2D eigenvalue weighted by Gasteiger charge is -2.12. The molecule has 2 aromatic carbocycles.